The number of imide groups is 1. The molecule has 1 fully saturated rings. The third-order valence-corrected chi connectivity index (χ3v) is 4.07. The van der Waals surface area contributed by atoms with E-state index in [0.29, 0.717) is 5.69 Å². The van der Waals surface area contributed by atoms with Crippen molar-refractivity contribution in [3.05, 3.63) is 29.3 Å². The molecule has 1 aliphatic heterocycles. The van der Waals surface area contributed by atoms with Crippen molar-refractivity contribution >= 4 is 29.5 Å². The summed E-state index contributed by atoms with van der Waals surface area (Å²) in [6, 6.07) is 5.18. The van der Waals surface area contributed by atoms with Crippen molar-refractivity contribution in [2.24, 2.45) is 0 Å². The Morgan fingerprint density at radius 3 is 2.54 bits per heavy atom. The Morgan fingerprint density at radius 1 is 1.27 bits per heavy atom. The smallest absolute Gasteiger partial charge is 0.327 e. The van der Waals surface area contributed by atoms with Crippen LogP contribution in [-0.4, -0.2) is 60.4 Å². The number of benzene rings is 1. The van der Waals surface area contributed by atoms with Gasteiger partial charge in [-0.15, -0.1) is 0 Å². The molecule has 140 valence electrons. The van der Waals surface area contributed by atoms with Gasteiger partial charge < -0.3 is 15.0 Å². The maximum atomic E-state index is 12.1. The van der Waals surface area contributed by atoms with Crippen molar-refractivity contribution < 1.29 is 23.9 Å². The summed E-state index contributed by atoms with van der Waals surface area (Å²) in [5.74, 6) is -1.55. The summed E-state index contributed by atoms with van der Waals surface area (Å²) < 4.78 is 4.89. The molecule has 1 N–H and O–H groups in total. The number of hydrogen-bond donors (Lipinski definition) is 1. The van der Waals surface area contributed by atoms with Crippen LogP contribution in [0.3, 0.4) is 0 Å². The number of carbonyl (C=O) groups is 4. The van der Waals surface area contributed by atoms with Gasteiger partial charge in [0, 0.05) is 12.7 Å². The molecule has 8 nitrogen and oxygen atoms in total. The number of anilines is 1. The third-order valence-electron chi connectivity index (χ3n) is 4.07. The molecule has 2 rings (SSSR count). The number of hydrogen-bond acceptors (Lipinski definition) is 5. The Hall–Kier alpha value is -2.90. The lowest BCUT2D eigenvalue weighted by Crippen LogP contribution is -2.37. The van der Waals surface area contributed by atoms with Crippen molar-refractivity contribution in [3.8, 4) is 0 Å². The minimum Gasteiger partial charge on any atom is -0.454 e. The van der Waals surface area contributed by atoms with Gasteiger partial charge in [0.1, 0.15) is 13.1 Å². The lowest BCUT2D eigenvalue weighted by atomic mass is 9.98. The predicted octanol–water partition coefficient (Wildman–Crippen LogP) is 1.49. The normalized spacial score (nSPS) is 14.2. The van der Waals surface area contributed by atoms with Crippen LogP contribution in [0.2, 0.25) is 0 Å². The van der Waals surface area contributed by atoms with Crippen molar-refractivity contribution in [1.82, 2.24) is 9.80 Å². The highest BCUT2D eigenvalue weighted by Gasteiger charge is 2.35. The molecule has 1 aromatic rings. The molecule has 8 heteroatoms. The number of amides is 4. The van der Waals surface area contributed by atoms with E-state index in [1.807, 2.05) is 39.0 Å². The zero-order valence-corrected chi connectivity index (χ0v) is 15.4. The van der Waals surface area contributed by atoms with Crippen molar-refractivity contribution in [2.45, 2.75) is 26.7 Å². The number of ether oxygens (including phenoxy) is 1. The largest absolute Gasteiger partial charge is 0.454 e. The topological polar surface area (TPSA) is 96.0 Å². The number of likely N-dealkylation sites (N-methyl/N-ethyl adjacent to an activating group) is 1. The van der Waals surface area contributed by atoms with E-state index in [9.17, 15) is 19.2 Å². The van der Waals surface area contributed by atoms with Gasteiger partial charge in [-0.25, -0.2) is 4.79 Å². The van der Waals surface area contributed by atoms with Gasteiger partial charge in [0.15, 0.2) is 6.61 Å². The van der Waals surface area contributed by atoms with E-state index >= 15 is 0 Å². The SMILES string of the molecule is Cc1cccc(C(C)C)c1NC(=O)COC(=O)CN1C(=O)CN(C)C1=O. The van der Waals surface area contributed by atoms with Gasteiger partial charge in [0.2, 0.25) is 0 Å². The highest BCUT2D eigenvalue weighted by atomic mass is 16.5. The minimum absolute atomic E-state index is 0.0716. The molecule has 26 heavy (non-hydrogen) atoms. The minimum atomic E-state index is -0.814. The molecule has 0 spiro atoms. The molecule has 0 radical (unpaired) electrons. The average Bonchev–Trinajstić information content (AvgIpc) is 2.81. The fourth-order valence-corrected chi connectivity index (χ4v) is 2.66. The summed E-state index contributed by atoms with van der Waals surface area (Å²) in [4.78, 5) is 49.3. The van der Waals surface area contributed by atoms with Crippen LogP contribution < -0.4 is 5.32 Å². The van der Waals surface area contributed by atoms with Gasteiger partial charge in [-0.3, -0.25) is 19.3 Å². The number of para-hydroxylation sites is 1. The molecule has 0 aromatic heterocycles. The molecule has 1 aromatic carbocycles. The molecule has 1 saturated heterocycles. The third kappa shape index (κ3) is 4.38. The molecule has 0 bridgehead atoms. The highest BCUT2D eigenvalue weighted by Crippen LogP contribution is 2.27. The van der Waals surface area contributed by atoms with Crippen molar-refractivity contribution in [2.75, 3.05) is 32.1 Å². The first-order valence-electron chi connectivity index (χ1n) is 8.31. The number of carbonyl (C=O) groups excluding carboxylic acids is 4. The summed E-state index contributed by atoms with van der Waals surface area (Å²) in [5.41, 5.74) is 2.60. The van der Waals surface area contributed by atoms with E-state index < -0.39 is 37.0 Å². The molecule has 0 unspecified atom stereocenters. The Kier molecular flexibility index (Phi) is 5.97. The summed E-state index contributed by atoms with van der Waals surface area (Å²) in [6.45, 7) is 4.86. The first-order valence-corrected chi connectivity index (χ1v) is 8.31. The Bertz CT molecular complexity index is 744. The second kappa shape index (κ2) is 7.99. The first-order chi connectivity index (χ1) is 12.2. The van der Waals surface area contributed by atoms with Crippen molar-refractivity contribution in [1.29, 1.82) is 0 Å². The van der Waals surface area contributed by atoms with E-state index in [2.05, 4.69) is 5.32 Å². The summed E-state index contributed by atoms with van der Waals surface area (Å²) in [7, 11) is 1.47. The van der Waals surface area contributed by atoms with Crippen LogP contribution in [0.25, 0.3) is 0 Å². The van der Waals surface area contributed by atoms with Gasteiger partial charge in [0.25, 0.3) is 11.8 Å². The molecule has 1 aliphatic rings. The zero-order chi connectivity index (χ0) is 19.4. The quantitative estimate of drug-likeness (QED) is 0.612. The zero-order valence-electron chi connectivity index (χ0n) is 15.4. The van der Waals surface area contributed by atoms with Gasteiger partial charge in [-0.1, -0.05) is 32.0 Å². The molecule has 1 heterocycles. The second-order valence-corrected chi connectivity index (χ2v) is 6.52. The number of rotatable bonds is 6. The Balaban J connectivity index is 1.91. The molecular weight excluding hydrogens is 338 g/mol. The summed E-state index contributed by atoms with van der Waals surface area (Å²) in [6.07, 6.45) is 0. The van der Waals surface area contributed by atoms with Crippen LogP contribution >= 0.6 is 0 Å². The van der Waals surface area contributed by atoms with E-state index in [-0.39, 0.29) is 12.5 Å². The number of esters is 1. The number of urea groups is 1. The first kappa shape index (κ1) is 19.4. The van der Waals surface area contributed by atoms with Crippen LogP contribution in [-0.2, 0) is 19.1 Å². The van der Waals surface area contributed by atoms with E-state index in [0.717, 1.165) is 16.0 Å². The molecule has 0 atom stereocenters. The van der Waals surface area contributed by atoms with Crippen molar-refractivity contribution in [3.63, 3.8) is 0 Å². The molecule has 0 saturated carbocycles. The molecular formula is C18H23N3O5. The van der Waals surface area contributed by atoms with Crippen LogP contribution in [0.5, 0.6) is 0 Å². The van der Waals surface area contributed by atoms with Gasteiger partial charge in [-0.2, -0.15) is 0 Å². The molecule has 4 amide bonds. The standard InChI is InChI=1S/C18H23N3O5/c1-11(2)13-7-5-6-12(3)17(13)19-14(22)10-26-16(24)9-21-15(23)8-20(4)18(21)25/h5-7,11H,8-10H2,1-4H3,(H,19,22). The van der Waals surface area contributed by atoms with Gasteiger partial charge >= 0.3 is 12.0 Å². The lowest BCUT2D eigenvalue weighted by Gasteiger charge is -2.17. The average molecular weight is 361 g/mol. The number of nitrogens with one attached hydrogen (secondary N) is 1. The Morgan fingerprint density at radius 2 is 1.96 bits per heavy atom. The van der Waals surface area contributed by atoms with Gasteiger partial charge in [-0.05, 0) is 24.0 Å². The van der Waals surface area contributed by atoms with Gasteiger partial charge in [0.05, 0.1) is 0 Å². The van der Waals surface area contributed by atoms with Crippen LogP contribution in [0.15, 0.2) is 18.2 Å². The van der Waals surface area contributed by atoms with E-state index in [4.69, 9.17) is 4.74 Å². The maximum absolute atomic E-state index is 12.1. The lowest BCUT2D eigenvalue weighted by molar-refractivity contribution is -0.149. The van der Waals surface area contributed by atoms with E-state index in [1.54, 1.807) is 0 Å². The van der Waals surface area contributed by atoms with Crippen LogP contribution in [0.4, 0.5) is 10.5 Å². The second-order valence-electron chi connectivity index (χ2n) is 6.52. The van der Waals surface area contributed by atoms with Crippen LogP contribution in [0, 0.1) is 6.92 Å². The molecule has 0 aliphatic carbocycles. The maximum Gasteiger partial charge on any atom is 0.327 e. The fourth-order valence-electron chi connectivity index (χ4n) is 2.66. The summed E-state index contributed by atoms with van der Waals surface area (Å²) in [5, 5.41) is 2.76. The van der Waals surface area contributed by atoms with E-state index in [1.165, 1.54) is 11.9 Å². The fraction of sp³-hybridized carbons (Fsp3) is 0.444. The summed E-state index contributed by atoms with van der Waals surface area (Å²) >= 11 is 0. The van der Waals surface area contributed by atoms with Crippen LogP contribution in [0.1, 0.15) is 30.9 Å². The predicted molar refractivity (Wildman–Crippen MR) is 94.6 cm³/mol. The number of aryl methyl sites for hydroxylation is 1. The number of nitrogens with zero attached hydrogens (tertiary/aromatic N) is 2. The Labute approximate surface area is 152 Å². The monoisotopic (exact) mass is 361 g/mol. The highest BCUT2D eigenvalue weighted by molar-refractivity contribution is 6.04.